The van der Waals surface area contributed by atoms with Crippen LogP contribution in [-0.2, 0) is 0 Å². The summed E-state index contributed by atoms with van der Waals surface area (Å²) < 4.78 is 0. The van der Waals surface area contributed by atoms with Gasteiger partial charge in [0.1, 0.15) is 0 Å². The average molecular weight is 137 g/mol. The molecule has 1 atom stereocenters. The Morgan fingerprint density at radius 3 is 2.14 bits per heavy atom. The number of nitrogens with two attached hydrogens (primary N) is 1. The second kappa shape index (κ2) is 4.81. The van der Waals surface area contributed by atoms with E-state index in [9.17, 15) is 0 Å². The zero-order valence-corrected chi connectivity index (χ0v) is 5.96. The molecule has 2 N–H and O–H groups in total. The molecule has 0 heterocycles. The lowest BCUT2D eigenvalue weighted by atomic mass is 10.3. The van der Waals surface area contributed by atoms with Gasteiger partial charge in [-0.2, -0.15) is 25.3 Å². The van der Waals surface area contributed by atoms with Gasteiger partial charge < -0.3 is 5.73 Å². The largest absolute Gasteiger partial charge is 0.327 e. The van der Waals surface area contributed by atoms with E-state index in [0.29, 0.717) is 0 Å². The van der Waals surface area contributed by atoms with Gasteiger partial charge >= 0.3 is 0 Å². The topological polar surface area (TPSA) is 26.0 Å². The van der Waals surface area contributed by atoms with E-state index in [4.69, 9.17) is 5.73 Å². The molecule has 1 nitrogen and oxygen atoms in total. The van der Waals surface area contributed by atoms with Crippen LogP contribution in [-0.4, -0.2) is 17.5 Å². The third kappa shape index (κ3) is 4.51. The van der Waals surface area contributed by atoms with Gasteiger partial charge in [0.25, 0.3) is 0 Å². The van der Waals surface area contributed by atoms with Crippen LogP contribution in [0.5, 0.6) is 0 Å². The molecule has 0 aliphatic rings. The van der Waals surface area contributed by atoms with Crippen LogP contribution >= 0.6 is 25.3 Å². The zero-order chi connectivity index (χ0) is 5.70. The first-order chi connectivity index (χ1) is 3.31. The molecule has 0 aliphatic heterocycles. The predicted molar refractivity (Wildman–Crippen MR) is 40.3 cm³/mol. The van der Waals surface area contributed by atoms with Crippen LogP contribution < -0.4 is 5.73 Å². The highest BCUT2D eigenvalue weighted by Crippen LogP contribution is 1.91. The molecule has 0 aromatic heterocycles. The first-order valence-corrected chi connectivity index (χ1v) is 3.55. The Balaban J connectivity index is 2.83. The average Bonchev–Trinajstić information content (AvgIpc) is 1.68. The minimum Gasteiger partial charge on any atom is -0.327 e. The molecule has 0 aliphatic carbocycles. The van der Waals surface area contributed by atoms with E-state index in [1.165, 1.54) is 0 Å². The van der Waals surface area contributed by atoms with Gasteiger partial charge in [-0.25, -0.2) is 0 Å². The smallest absolute Gasteiger partial charge is 0.0135 e. The highest BCUT2D eigenvalue weighted by Gasteiger charge is 1.93. The van der Waals surface area contributed by atoms with Crippen molar-refractivity contribution in [3.63, 3.8) is 0 Å². The van der Waals surface area contributed by atoms with Crippen molar-refractivity contribution in [2.24, 2.45) is 5.73 Å². The fraction of sp³-hybridized carbons (Fsp3) is 1.00. The molecule has 0 rings (SSSR count). The zero-order valence-electron chi connectivity index (χ0n) is 4.17. The fourth-order valence-electron chi connectivity index (χ4n) is 0.257. The van der Waals surface area contributed by atoms with Crippen molar-refractivity contribution in [3.8, 4) is 0 Å². The summed E-state index contributed by atoms with van der Waals surface area (Å²) >= 11 is 7.99. The van der Waals surface area contributed by atoms with Gasteiger partial charge in [-0.05, 0) is 12.2 Å². The van der Waals surface area contributed by atoms with Gasteiger partial charge in [0.05, 0.1) is 0 Å². The first kappa shape index (κ1) is 7.66. The number of thiol groups is 2. The molecule has 0 aromatic rings. The molecule has 44 valence electrons. The molecule has 0 fully saturated rings. The van der Waals surface area contributed by atoms with Crippen molar-refractivity contribution in [2.75, 3.05) is 11.5 Å². The minimum atomic E-state index is 0.237. The summed E-state index contributed by atoms with van der Waals surface area (Å²) in [5, 5.41) is 0. The van der Waals surface area contributed by atoms with Gasteiger partial charge in [-0.3, -0.25) is 0 Å². The second-order valence-electron chi connectivity index (χ2n) is 1.45. The van der Waals surface area contributed by atoms with E-state index in [2.05, 4.69) is 25.3 Å². The quantitative estimate of drug-likeness (QED) is 0.487. The van der Waals surface area contributed by atoms with Crippen LogP contribution in [0.2, 0.25) is 0 Å². The molecule has 0 unspecified atom stereocenters. The highest BCUT2D eigenvalue weighted by atomic mass is 32.1. The Labute approximate surface area is 55.5 Å². The lowest BCUT2D eigenvalue weighted by Gasteiger charge is -2.02. The molecule has 0 bridgehead atoms. The number of hydrogen-bond donors (Lipinski definition) is 3. The van der Waals surface area contributed by atoms with Crippen LogP contribution in [0.1, 0.15) is 6.42 Å². The van der Waals surface area contributed by atoms with Crippen LogP contribution in [0.4, 0.5) is 0 Å². The fourth-order valence-corrected chi connectivity index (χ4v) is 0.771. The van der Waals surface area contributed by atoms with E-state index in [1.807, 2.05) is 0 Å². The van der Waals surface area contributed by atoms with Crippen molar-refractivity contribution in [3.05, 3.63) is 0 Å². The third-order valence-corrected chi connectivity index (χ3v) is 1.46. The molecule has 0 radical (unpaired) electrons. The lowest BCUT2D eigenvalue weighted by molar-refractivity contribution is 0.735. The van der Waals surface area contributed by atoms with Gasteiger partial charge in [-0.15, -0.1) is 0 Å². The van der Waals surface area contributed by atoms with E-state index in [-0.39, 0.29) is 6.04 Å². The Bertz CT molecular complexity index is 40.7. The summed E-state index contributed by atoms with van der Waals surface area (Å²) in [5.41, 5.74) is 5.46. The van der Waals surface area contributed by atoms with Gasteiger partial charge in [0.15, 0.2) is 0 Å². The Morgan fingerprint density at radius 1 is 1.43 bits per heavy atom. The third-order valence-electron chi connectivity index (χ3n) is 0.734. The maximum Gasteiger partial charge on any atom is 0.0135 e. The molecule has 0 saturated carbocycles. The minimum absolute atomic E-state index is 0.237. The lowest BCUT2D eigenvalue weighted by Crippen LogP contribution is -2.21. The standard InChI is InChI=1S/C4H11NS2/c5-4(3-7)1-2-6/h4,6-7H,1-3,5H2/t4-/m1/s1. The SMILES string of the molecule is N[C@@H](CS)CCS. The van der Waals surface area contributed by atoms with E-state index in [0.717, 1.165) is 17.9 Å². The van der Waals surface area contributed by atoms with Crippen LogP contribution in [0.15, 0.2) is 0 Å². The van der Waals surface area contributed by atoms with Gasteiger partial charge in [0.2, 0.25) is 0 Å². The van der Waals surface area contributed by atoms with Gasteiger partial charge in [-0.1, -0.05) is 0 Å². The monoisotopic (exact) mass is 137 g/mol. The van der Waals surface area contributed by atoms with Crippen molar-refractivity contribution in [1.29, 1.82) is 0 Å². The molecule has 0 amide bonds. The number of hydrogen-bond acceptors (Lipinski definition) is 3. The molecule has 0 saturated heterocycles. The summed E-state index contributed by atoms with van der Waals surface area (Å²) in [7, 11) is 0. The Hall–Kier alpha value is 0.660. The maximum absolute atomic E-state index is 5.46. The predicted octanol–water partition coefficient (Wildman–Crippen LogP) is 0.563. The number of rotatable bonds is 3. The molecular weight excluding hydrogens is 126 g/mol. The van der Waals surface area contributed by atoms with Crippen LogP contribution in [0, 0.1) is 0 Å². The van der Waals surface area contributed by atoms with E-state index in [1.54, 1.807) is 0 Å². The molecule has 3 heteroatoms. The second-order valence-corrected chi connectivity index (χ2v) is 2.27. The summed E-state index contributed by atoms with van der Waals surface area (Å²) in [6.07, 6.45) is 0.965. The van der Waals surface area contributed by atoms with Crippen LogP contribution in [0.25, 0.3) is 0 Å². The Morgan fingerprint density at radius 2 is 2.00 bits per heavy atom. The summed E-state index contributed by atoms with van der Waals surface area (Å²) in [6.45, 7) is 0. The summed E-state index contributed by atoms with van der Waals surface area (Å²) in [5.74, 6) is 1.63. The first-order valence-electron chi connectivity index (χ1n) is 2.28. The molecular formula is C4H11NS2. The van der Waals surface area contributed by atoms with Crippen molar-refractivity contribution in [1.82, 2.24) is 0 Å². The Kier molecular flexibility index (Phi) is 5.26. The van der Waals surface area contributed by atoms with Crippen molar-refractivity contribution >= 4 is 25.3 Å². The van der Waals surface area contributed by atoms with E-state index >= 15 is 0 Å². The molecule has 0 aromatic carbocycles. The van der Waals surface area contributed by atoms with Crippen molar-refractivity contribution < 1.29 is 0 Å². The normalized spacial score (nSPS) is 14.1. The summed E-state index contributed by atoms with van der Waals surface area (Å²) in [6, 6.07) is 0.237. The highest BCUT2D eigenvalue weighted by molar-refractivity contribution is 7.80. The molecule has 0 spiro atoms. The van der Waals surface area contributed by atoms with Crippen molar-refractivity contribution in [2.45, 2.75) is 12.5 Å². The van der Waals surface area contributed by atoms with Gasteiger partial charge in [0, 0.05) is 11.8 Å². The van der Waals surface area contributed by atoms with Crippen LogP contribution in [0.3, 0.4) is 0 Å². The summed E-state index contributed by atoms with van der Waals surface area (Å²) in [4.78, 5) is 0. The van der Waals surface area contributed by atoms with E-state index < -0.39 is 0 Å². The molecule has 7 heavy (non-hydrogen) atoms. The maximum atomic E-state index is 5.46.